The Morgan fingerprint density at radius 1 is 0.519 bits per heavy atom. The zero-order valence-corrected chi connectivity index (χ0v) is 26.9. The number of carboxylic acid groups (broad SMARTS) is 4. The zero-order chi connectivity index (χ0) is 36.8. The van der Waals surface area contributed by atoms with E-state index >= 15 is 0 Å². The second-order valence-corrected chi connectivity index (χ2v) is 11.3. The van der Waals surface area contributed by atoms with Gasteiger partial charge in [-0.05, 0) is 71.8 Å². The number of hydrogen-bond acceptors (Lipinski definition) is 12. The first-order valence-corrected chi connectivity index (χ1v) is 15.4. The summed E-state index contributed by atoms with van der Waals surface area (Å²) in [5, 5.41) is 48.3. The Morgan fingerprint density at radius 3 is 1.50 bits per heavy atom. The number of aliphatic carboxylic acids is 4. The number of hydrogen-bond donors (Lipinski definition) is 5. The van der Waals surface area contributed by atoms with E-state index in [9.17, 15) is 39.6 Å². The van der Waals surface area contributed by atoms with Crippen LogP contribution in [0.3, 0.4) is 0 Å². The third-order valence-corrected chi connectivity index (χ3v) is 7.48. The van der Waals surface area contributed by atoms with Gasteiger partial charge in [0, 0.05) is 6.07 Å². The monoisotopic (exact) mass is 704 g/mol. The summed E-state index contributed by atoms with van der Waals surface area (Å²) in [6.45, 7) is -2.44. The van der Waals surface area contributed by atoms with E-state index in [2.05, 4.69) is 25.4 Å². The van der Waals surface area contributed by atoms with Gasteiger partial charge >= 0.3 is 23.9 Å². The lowest BCUT2D eigenvalue weighted by molar-refractivity contribution is -0.138. The lowest BCUT2D eigenvalue weighted by atomic mass is 10.0. The van der Waals surface area contributed by atoms with Crippen LogP contribution in [-0.2, 0) is 19.2 Å². The minimum atomic E-state index is -1.24. The molecule has 0 aliphatic carbocycles. The van der Waals surface area contributed by atoms with Crippen molar-refractivity contribution in [2.45, 2.75) is 0 Å². The van der Waals surface area contributed by atoms with Crippen LogP contribution in [0.4, 0.5) is 11.6 Å². The minimum Gasteiger partial charge on any atom is -0.480 e. The van der Waals surface area contributed by atoms with Crippen LogP contribution in [0.5, 0.6) is 11.5 Å². The van der Waals surface area contributed by atoms with Gasteiger partial charge in [0.25, 0.3) is 0 Å². The van der Waals surface area contributed by atoms with Gasteiger partial charge in [-0.1, -0.05) is 24.3 Å². The topological polar surface area (TPSA) is 245 Å². The average molecular weight is 705 g/mol. The van der Waals surface area contributed by atoms with Gasteiger partial charge < -0.3 is 35.0 Å². The number of fused-ring (bicyclic) bond motifs is 1. The predicted octanol–water partition coefficient (Wildman–Crippen LogP) is 3.89. The van der Waals surface area contributed by atoms with Crippen LogP contribution in [0, 0.1) is 0 Å². The molecule has 262 valence electrons. The second-order valence-electron chi connectivity index (χ2n) is 11.3. The first-order chi connectivity index (χ1) is 25.0. The molecule has 0 saturated carbocycles. The third kappa shape index (κ3) is 8.40. The molecule has 0 saturated heterocycles. The van der Waals surface area contributed by atoms with Crippen molar-refractivity contribution in [3.05, 3.63) is 91.0 Å². The molecule has 0 atom stereocenters. The Bertz CT molecular complexity index is 2170. The molecule has 2 aromatic carbocycles. The summed E-state index contributed by atoms with van der Waals surface area (Å²) in [5.74, 6) is -3.68. The maximum atomic E-state index is 11.5. The van der Waals surface area contributed by atoms with Gasteiger partial charge in [-0.2, -0.15) is 15.4 Å². The van der Waals surface area contributed by atoms with Gasteiger partial charge in [0.2, 0.25) is 0 Å². The standard InChI is InChI=1S/C35H28N8O9/c44-32(45)16-42(17-33(46)47)30-5-1-3-24(37-30)27-13-21(20-7-9-22(10-8-20)52-23-11-12-26-29(15-23)40-41-39-26)14-28(36-27)25-4-2-6-31(38-25)43(18-34(48)49)19-35(50)51/h1-15H,16-19H2,(H,44,45)(H,46,47)(H,48,49)(H,50,51)(H,39,40,41). The van der Waals surface area contributed by atoms with Crippen molar-refractivity contribution >= 4 is 46.5 Å². The Labute approximate surface area is 293 Å². The number of pyridine rings is 3. The summed E-state index contributed by atoms with van der Waals surface area (Å²) in [6.07, 6.45) is 0. The molecule has 0 spiro atoms. The molecule has 0 fully saturated rings. The molecular weight excluding hydrogens is 676 g/mol. The molecule has 4 heterocycles. The molecule has 6 rings (SSSR count). The number of nitrogens with one attached hydrogen (secondary N) is 1. The van der Waals surface area contributed by atoms with Gasteiger partial charge in [0.1, 0.15) is 60.3 Å². The van der Waals surface area contributed by atoms with Crippen molar-refractivity contribution in [1.82, 2.24) is 30.4 Å². The summed E-state index contributed by atoms with van der Waals surface area (Å²) < 4.78 is 6.02. The highest BCUT2D eigenvalue weighted by Gasteiger charge is 2.19. The SMILES string of the molecule is O=C(O)CN(CC(=O)O)c1cccc(-c2cc(-c3ccc(Oc4ccc5n[nH]nc5c4)cc3)cc(-c3cccc(N(CC(=O)O)CC(=O)O)n3)n2)n1. The molecule has 0 radical (unpaired) electrons. The number of carbonyl (C=O) groups is 4. The van der Waals surface area contributed by atoms with Crippen LogP contribution in [0.25, 0.3) is 44.9 Å². The molecule has 6 aromatic rings. The highest BCUT2D eigenvalue weighted by molar-refractivity contribution is 5.81. The van der Waals surface area contributed by atoms with Crippen molar-refractivity contribution in [1.29, 1.82) is 0 Å². The molecule has 52 heavy (non-hydrogen) atoms. The lowest BCUT2D eigenvalue weighted by Gasteiger charge is -2.20. The van der Waals surface area contributed by atoms with Crippen LogP contribution < -0.4 is 14.5 Å². The fourth-order valence-corrected chi connectivity index (χ4v) is 5.27. The number of aromatic amines is 1. The van der Waals surface area contributed by atoms with E-state index in [0.717, 1.165) is 15.4 Å². The van der Waals surface area contributed by atoms with Crippen LogP contribution in [0.15, 0.2) is 91.0 Å². The average Bonchev–Trinajstić information content (AvgIpc) is 3.59. The van der Waals surface area contributed by atoms with Crippen LogP contribution in [0.1, 0.15) is 0 Å². The number of ether oxygens (including phenoxy) is 1. The number of nitrogens with zero attached hydrogens (tertiary/aromatic N) is 7. The smallest absolute Gasteiger partial charge is 0.323 e. The fraction of sp³-hybridized carbons (Fsp3) is 0.114. The second kappa shape index (κ2) is 15.0. The Morgan fingerprint density at radius 2 is 1.00 bits per heavy atom. The number of aromatic nitrogens is 6. The molecule has 0 amide bonds. The highest BCUT2D eigenvalue weighted by Crippen LogP contribution is 2.32. The van der Waals surface area contributed by atoms with Gasteiger partial charge in [0.05, 0.1) is 22.8 Å². The van der Waals surface area contributed by atoms with Crippen molar-refractivity contribution in [3.8, 4) is 45.4 Å². The van der Waals surface area contributed by atoms with E-state index in [-0.39, 0.29) is 11.6 Å². The quantitative estimate of drug-likeness (QED) is 0.102. The van der Waals surface area contributed by atoms with E-state index in [1.165, 1.54) is 12.1 Å². The summed E-state index contributed by atoms with van der Waals surface area (Å²) in [5.41, 5.74) is 3.94. The maximum absolute atomic E-state index is 11.5. The molecule has 0 aliphatic rings. The van der Waals surface area contributed by atoms with Gasteiger partial charge in [-0.25, -0.2) is 15.0 Å². The van der Waals surface area contributed by atoms with Gasteiger partial charge in [-0.15, -0.1) is 0 Å². The number of benzene rings is 2. The zero-order valence-electron chi connectivity index (χ0n) is 26.9. The van der Waals surface area contributed by atoms with E-state index in [0.29, 0.717) is 50.9 Å². The molecule has 4 aromatic heterocycles. The number of rotatable bonds is 15. The minimum absolute atomic E-state index is 0.0967. The van der Waals surface area contributed by atoms with Crippen molar-refractivity contribution in [2.24, 2.45) is 0 Å². The summed E-state index contributed by atoms with van der Waals surface area (Å²) in [6, 6.07) is 25.4. The molecule has 0 bridgehead atoms. The third-order valence-electron chi connectivity index (χ3n) is 7.48. The van der Waals surface area contributed by atoms with E-state index in [1.54, 1.807) is 66.7 Å². The number of H-pyrrole nitrogens is 1. The number of carboxylic acids is 4. The van der Waals surface area contributed by atoms with Crippen LogP contribution >= 0.6 is 0 Å². The van der Waals surface area contributed by atoms with Gasteiger partial charge in [-0.3, -0.25) is 19.2 Å². The lowest BCUT2D eigenvalue weighted by Crippen LogP contribution is -2.35. The molecule has 0 aliphatic heterocycles. The first-order valence-electron chi connectivity index (χ1n) is 15.4. The van der Waals surface area contributed by atoms with Crippen LogP contribution in [0.2, 0.25) is 0 Å². The van der Waals surface area contributed by atoms with E-state index < -0.39 is 50.1 Å². The summed E-state index contributed by atoms with van der Waals surface area (Å²) in [4.78, 5) is 62.2. The Hall–Kier alpha value is -7.43. The molecule has 5 N–H and O–H groups in total. The van der Waals surface area contributed by atoms with Crippen molar-refractivity contribution in [3.63, 3.8) is 0 Å². The van der Waals surface area contributed by atoms with Crippen molar-refractivity contribution < 1.29 is 44.3 Å². The molecule has 17 nitrogen and oxygen atoms in total. The largest absolute Gasteiger partial charge is 0.480 e. The normalized spacial score (nSPS) is 10.8. The van der Waals surface area contributed by atoms with Crippen LogP contribution in [-0.4, -0.2) is 101 Å². The molecule has 0 unspecified atom stereocenters. The summed E-state index contributed by atoms with van der Waals surface area (Å²) >= 11 is 0. The Kier molecular flexibility index (Phi) is 9.93. The predicted molar refractivity (Wildman–Crippen MR) is 185 cm³/mol. The number of anilines is 2. The van der Waals surface area contributed by atoms with E-state index in [1.807, 2.05) is 12.1 Å². The van der Waals surface area contributed by atoms with E-state index in [4.69, 9.17) is 9.72 Å². The highest BCUT2D eigenvalue weighted by atomic mass is 16.5. The fourth-order valence-electron chi connectivity index (χ4n) is 5.27. The van der Waals surface area contributed by atoms with Crippen molar-refractivity contribution in [2.75, 3.05) is 36.0 Å². The molecular formula is C35H28N8O9. The molecule has 17 heteroatoms. The first kappa shape index (κ1) is 34.4. The maximum Gasteiger partial charge on any atom is 0.323 e. The van der Waals surface area contributed by atoms with Gasteiger partial charge in [0.15, 0.2) is 0 Å². The summed E-state index contributed by atoms with van der Waals surface area (Å²) in [7, 11) is 0. The Balaban J connectivity index is 1.41.